The molecule has 1 heterocycles. The number of β-amino-alcohol motifs (C(OH)–C–C–N with tert-alkyl or cyclic N) is 1. The third kappa shape index (κ3) is 2.97. The number of aliphatic hydroxyl groups is 1. The number of nitrogens with one attached hydrogen (secondary N) is 2. The molecule has 1 aromatic carbocycles. The van der Waals surface area contributed by atoms with Gasteiger partial charge in [0.1, 0.15) is 5.75 Å². The first-order valence-corrected chi connectivity index (χ1v) is 7.54. The number of rotatable bonds is 4. The van der Waals surface area contributed by atoms with E-state index in [1.165, 1.54) is 17.5 Å². The minimum atomic E-state index is -0.196. The van der Waals surface area contributed by atoms with Gasteiger partial charge in [0.05, 0.1) is 13.2 Å². The fourth-order valence-electron chi connectivity index (χ4n) is 3.28. The van der Waals surface area contributed by atoms with Crippen LogP contribution in [0.2, 0.25) is 0 Å². The summed E-state index contributed by atoms with van der Waals surface area (Å²) in [7, 11) is 1.72. The maximum Gasteiger partial charge on any atom is 0.119 e. The van der Waals surface area contributed by atoms with Crippen LogP contribution in [-0.2, 0) is 12.8 Å². The lowest BCUT2D eigenvalue weighted by molar-refractivity contribution is 0.144. The van der Waals surface area contributed by atoms with Crippen LogP contribution >= 0.6 is 0 Å². The molecule has 4 heteroatoms. The molecule has 3 N–H and O–H groups in total. The van der Waals surface area contributed by atoms with Gasteiger partial charge in [0.25, 0.3) is 0 Å². The zero-order valence-corrected chi connectivity index (χ0v) is 12.1. The van der Waals surface area contributed by atoms with E-state index in [1.807, 2.05) is 6.07 Å². The van der Waals surface area contributed by atoms with E-state index < -0.39 is 0 Å². The largest absolute Gasteiger partial charge is 0.497 e. The molecule has 20 heavy (non-hydrogen) atoms. The average Bonchev–Trinajstić information content (AvgIpc) is 2.89. The maximum atomic E-state index is 9.83. The number of ether oxygens (including phenoxy) is 1. The molecule has 3 rings (SSSR count). The first-order chi connectivity index (χ1) is 9.76. The molecule has 0 spiro atoms. The summed E-state index contributed by atoms with van der Waals surface area (Å²) in [4.78, 5) is 0. The Morgan fingerprint density at radius 1 is 1.35 bits per heavy atom. The van der Waals surface area contributed by atoms with Crippen molar-refractivity contribution in [2.45, 2.75) is 31.4 Å². The van der Waals surface area contributed by atoms with Crippen LogP contribution in [0.1, 0.15) is 17.5 Å². The van der Waals surface area contributed by atoms with Crippen LogP contribution in [-0.4, -0.2) is 44.0 Å². The molecule has 0 radical (unpaired) electrons. The zero-order valence-electron chi connectivity index (χ0n) is 12.1. The normalized spacial score (nSPS) is 29.2. The molecule has 3 atom stereocenters. The van der Waals surface area contributed by atoms with Gasteiger partial charge in [-0.05, 0) is 42.5 Å². The van der Waals surface area contributed by atoms with Gasteiger partial charge < -0.3 is 20.5 Å². The van der Waals surface area contributed by atoms with Crippen molar-refractivity contribution in [3.63, 3.8) is 0 Å². The smallest absolute Gasteiger partial charge is 0.119 e. The Bertz CT molecular complexity index is 464. The highest BCUT2D eigenvalue weighted by Crippen LogP contribution is 2.25. The van der Waals surface area contributed by atoms with E-state index in [0.717, 1.165) is 38.2 Å². The second-order valence-electron chi connectivity index (χ2n) is 5.97. The second-order valence-corrected chi connectivity index (χ2v) is 5.97. The highest BCUT2D eigenvalue weighted by atomic mass is 16.5. The van der Waals surface area contributed by atoms with Crippen LogP contribution < -0.4 is 15.4 Å². The summed E-state index contributed by atoms with van der Waals surface area (Å²) in [5.41, 5.74) is 2.85. The summed E-state index contributed by atoms with van der Waals surface area (Å²) in [6.07, 6.45) is 3.17. The molecule has 1 saturated heterocycles. The molecule has 1 aliphatic carbocycles. The summed E-state index contributed by atoms with van der Waals surface area (Å²) >= 11 is 0. The van der Waals surface area contributed by atoms with Crippen LogP contribution in [0.15, 0.2) is 18.2 Å². The number of fused-ring (bicyclic) bond motifs is 1. The average molecular weight is 276 g/mol. The summed E-state index contributed by atoms with van der Waals surface area (Å²) in [6.45, 7) is 2.56. The van der Waals surface area contributed by atoms with Crippen molar-refractivity contribution >= 4 is 0 Å². The van der Waals surface area contributed by atoms with Gasteiger partial charge in [0.15, 0.2) is 0 Å². The lowest BCUT2D eigenvalue weighted by atomic mass is 9.88. The quantitative estimate of drug-likeness (QED) is 0.758. The number of aliphatic hydroxyl groups excluding tert-OH is 1. The van der Waals surface area contributed by atoms with Gasteiger partial charge in [-0.15, -0.1) is 0 Å². The standard InChI is InChI=1S/C16H24N2O2/c1-20-15-5-3-11-2-4-14(6-12(11)7-15)18-9-13-8-17-10-16(13)19/h3,5,7,13-14,16-19H,2,4,6,8-10H2,1H3. The van der Waals surface area contributed by atoms with Gasteiger partial charge in [0.2, 0.25) is 0 Å². The molecule has 0 bridgehead atoms. The second kappa shape index (κ2) is 6.12. The van der Waals surface area contributed by atoms with Gasteiger partial charge in [-0.3, -0.25) is 0 Å². The van der Waals surface area contributed by atoms with Gasteiger partial charge in [-0.2, -0.15) is 0 Å². The van der Waals surface area contributed by atoms with Crippen LogP contribution in [0.5, 0.6) is 5.75 Å². The Balaban J connectivity index is 1.57. The Morgan fingerprint density at radius 2 is 2.25 bits per heavy atom. The van der Waals surface area contributed by atoms with Crippen LogP contribution in [0.25, 0.3) is 0 Å². The van der Waals surface area contributed by atoms with Crippen molar-refractivity contribution in [3.05, 3.63) is 29.3 Å². The van der Waals surface area contributed by atoms with Crippen molar-refractivity contribution < 1.29 is 9.84 Å². The van der Waals surface area contributed by atoms with Crippen LogP contribution in [0, 0.1) is 5.92 Å². The van der Waals surface area contributed by atoms with Gasteiger partial charge in [0, 0.05) is 31.6 Å². The van der Waals surface area contributed by atoms with E-state index >= 15 is 0 Å². The molecule has 0 saturated carbocycles. The summed E-state index contributed by atoms with van der Waals surface area (Å²) in [5.74, 6) is 1.29. The van der Waals surface area contributed by atoms with Gasteiger partial charge in [-0.25, -0.2) is 0 Å². The van der Waals surface area contributed by atoms with Gasteiger partial charge >= 0.3 is 0 Å². The predicted molar refractivity (Wildman–Crippen MR) is 79.2 cm³/mol. The molecule has 2 aliphatic rings. The van der Waals surface area contributed by atoms with Crippen molar-refractivity contribution in [1.29, 1.82) is 0 Å². The fraction of sp³-hybridized carbons (Fsp3) is 0.625. The first kappa shape index (κ1) is 13.9. The molecule has 0 amide bonds. The molecule has 0 aromatic heterocycles. The van der Waals surface area contributed by atoms with Crippen molar-refractivity contribution in [2.75, 3.05) is 26.7 Å². The minimum Gasteiger partial charge on any atom is -0.497 e. The maximum absolute atomic E-state index is 9.83. The van der Waals surface area contributed by atoms with E-state index in [1.54, 1.807) is 7.11 Å². The monoisotopic (exact) mass is 276 g/mol. The Labute approximate surface area is 120 Å². The number of hydrogen-bond acceptors (Lipinski definition) is 4. The topological polar surface area (TPSA) is 53.5 Å². The minimum absolute atomic E-state index is 0.196. The molecule has 110 valence electrons. The Hall–Kier alpha value is -1.10. The third-order valence-corrected chi connectivity index (χ3v) is 4.61. The summed E-state index contributed by atoms with van der Waals surface area (Å²) in [5, 5.41) is 16.7. The zero-order chi connectivity index (χ0) is 13.9. The van der Waals surface area contributed by atoms with E-state index in [9.17, 15) is 5.11 Å². The fourth-order valence-corrected chi connectivity index (χ4v) is 3.28. The van der Waals surface area contributed by atoms with E-state index in [2.05, 4.69) is 22.8 Å². The molecule has 3 unspecified atom stereocenters. The molecular formula is C16H24N2O2. The van der Waals surface area contributed by atoms with E-state index in [-0.39, 0.29) is 6.10 Å². The number of benzene rings is 1. The predicted octanol–water partition coefficient (Wildman–Crippen LogP) is 0.722. The molecule has 1 aromatic rings. The van der Waals surface area contributed by atoms with Gasteiger partial charge in [-0.1, -0.05) is 6.07 Å². The number of methoxy groups -OCH3 is 1. The van der Waals surface area contributed by atoms with Crippen LogP contribution in [0.3, 0.4) is 0 Å². The summed E-state index contributed by atoms with van der Waals surface area (Å²) < 4.78 is 5.31. The van der Waals surface area contributed by atoms with Crippen LogP contribution in [0.4, 0.5) is 0 Å². The van der Waals surface area contributed by atoms with Crippen molar-refractivity contribution in [1.82, 2.24) is 10.6 Å². The number of aryl methyl sites for hydroxylation is 1. The lowest BCUT2D eigenvalue weighted by Gasteiger charge is -2.27. The molecule has 1 fully saturated rings. The molecular weight excluding hydrogens is 252 g/mol. The number of hydrogen-bond donors (Lipinski definition) is 3. The van der Waals surface area contributed by atoms with Crippen molar-refractivity contribution in [2.24, 2.45) is 5.92 Å². The van der Waals surface area contributed by atoms with Crippen molar-refractivity contribution in [3.8, 4) is 5.75 Å². The molecule has 4 nitrogen and oxygen atoms in total. The first-order valence-electron chi connectivity index (χ1n) is 7.54. The Kier molecular flexibility index (Phi) is 4.24. The highest BCUT2D eigenvalue weighted by Gasteiger charge is 2.26. The lowest BCUT2D eigenvalue weighted by Crippen LogP contribution is -2.40. The SMILES string of the molecule is COc1ccc2c(c1)CC(NCC1CNCC1O)CC2. The summed E-state index contributed by atoms with van der Waals surface area (Å²) in [6, 6.07) is 6.92. The highest BCUT2D eigenvalue weighted by molar-refractivity contribution is 5.37. The van der Waals surface area contributed by atoms with E-state index in [0.29, 0.717) is 12.0 Å². The third-order valence-electron chi connectivity index (χ3n) is 4.61. The molecule has 1 aliphatic heterocycles. The van der Waals surface area contributed by atoms with E-state index in [4.69, 9.17) is 4.74 Å². The Morgan fingerprint density at radius 3 is 3.00 bits per heavy atom.